The van der Waals surface area contributed by atoms with Gasteiger partial charge in [0.2, 0.25) is 10.0 Å². The van der Waals surface area contributed by atoms with Crippen molar-refractivity contribution in [3.05, 3.63) is 50.7 Å². The van der Waals surface area contributed by atoms with Crippen LogP contribution in [0, 0.1) is 0 Å². The highest BCUT2D eigenvalue weighted by atomic mass is 32.2. The minimum Gasteiger partial charge on any atom is -0.383 e. The van der Waals surface area contributed by atoms with Crippen LogP contribution in [0.3, 0.4) is 0 Å². The van der Waals surface area contributed by atoms with Crippen molar-refractivity contribution in [2.24, 2.45) is 0 Å². The van der Waals surface area contributed by atoms with E-state index in [1.807, 2.05) is 20.8 Å². The Morgan fingerprint density at radius 3 is 2.38 bits per heavy atom. The van der Waals surface area contributed by atoms with Crippen LogP contribution in [-0.2, 0) is 26.0 Å². The Hall–Kier alpha value is -3.00. The first-order chi connectivity index (χ1) is 17.5. The summed E-state index contributed by atoms with van der Waals surface area (Å²) >= 11 is 0. The Morgan fingerprint density at radius 1 is 1.19 bits per heavy atom. The molecule has 1 saturated heterocycles. The van der Waals surface area contributed by atoms with Crippen molar-refractivity contribution in [3.8, 4) is 0 Å². The van der Waals surface area contributed by atoms with Gasteiger partial charge in [-0.05, 0) is 44.5 Å². The van der Waals surface area contributed by atoms with Crippen LogP contribution in [-0.4, -0.2) is 73.7 Å². The van der Waals surface area contributed by atoms with Gasteiger partial charge in [0.05, 0.1) is 23.7 Å². The molecule has 0 saturated carbocycles. The second-order valence-corrected chi connectivity index (χ2v) is 11.0. The van der Waals surface area contributed by atoms with E-state index in [9.17, 15) is 22.8 Å². The summed E-state index contributed by atoms with van der Waals surface area (Å²) in [5, 5.41) is 0. The molecule has 1 aromatic carbocycles. The molecule has 1 amide bonds. The number of H-pyrrole nitrogens is 1. The molecule has 3 rings (SSSR count). The summed E-state index contributed by atoms with van der Waals surface area (Å²) in [6, 6.07) is 5.49. The predicted octanol–water partition coefficient (Wildman–Crippen LogP) is 1.01. The average Bonchev–Trinajstić information content (AvgIpc) is 2.85. The first-order valence-electron chi connectivity index (χ1n) is 12.2. The number of amides is 1. The van der Waals surface area contributed by atoms with E-state index >= 15 is 0 Å². The standard InChI is InChI=1S/C24H35N5O7S/c1-5-6-11-29-21(25)20(22(30)26-24(29)32)28(12-13-35-4)23(31)18-7-9-19(10-8-18)37(33,34)27-14-16(2)36-17(3)15-27/h7-10,16-17H,5-6,11-15,25H2,1-4H3,(H,26,30,32). The van der Waals surface area contributed by atoms with Crippen molar-refractivity contribution in [1.29, 1.82) is 0 Å². The number of nitrogens with two attached hydrogens (primary N) is 1. The van der Waals surface area contributed by atoms with Crippen LogP contribution in [0.4, 0.5) is 11.5 Å². The number of anilines is 2. The number of carbonyl (C=O) groups excluding carboxylic acids is 1. The molecule has 204 valence electrons. The van der Waals surface area contributed by atoms with E-state index in [2.05, 4.69) is 4.98 Å². The summed E-state index contributed by atoms with van der Waals surface area (Å²) in [6.45, 7) is 6.40. The quantitative estimate of drug-likeness (QED) is 0.455. The van der Waals surface area contributed by atoms with Crippen LogP contribution in [0.25, 0.3) is 0 Å². The van der Waals surface area contributed by atoms with Gasteiger partial charge in [-0.15, -0.1) is 0 Å². The van der Waals surface area contributed by atoms with Gasteiger partial charge in [0.25, 0.3) is 11.5 Å². The molecule has 3 N–H and O–H groups in total. The molecule has 1 aliphatic rings. The van der Waals surface area contributed by atoms with Crippen LogP contribution >= 0.6 is 0 Å². The van der Waals surface area contributed by atoms with E-state index in [-0.39, 0.29) is 67.0 Å². The van der Waals surface area contributed by atoms with Gasteiger partial charge in [-0.25, -0.2) is 13.2 Å². The Labute approximate surface area is 216 Å². The molecular formula is C24H35N5O7S. The first kappa shape index (κ1) is 28.6. The summed E-state index contributed by atoms with van der Waals surface area (Å²) in [6.07, 6.45) is 0.971. The molecule has 12 nitrogen and oxygen atoms in total. The highest BCUT2D eigenvalue weighted by Gasteiger charge is 2.32. The zero-order valence-corrected chi connectivity index (χ0v) is 22.4. The monoisotopic (exact) mass is 537 g/mol. The molecule has 2 heterocycles. The molecule has 1 fully saturated rings. The number of methoxy groups -OCH3 is 1. The second-order valence-electron chi connectivity index (χ2n) is 9.05. The van der Waals surface area contributed by atoms with Gasteiger partial charge in [-0.3, -0.25) is 24.0 Å². The maximum absolute atomic E-state index is 13.5. The number of ether oxygens (including phenoxy) is 2. The SMILES string of the molecule is CCCCn1c(N)c(N(CCOC)C(=O)c2ccc(S(=O)(=O)N3CC(C)OC(C)C3)cc2)c(=O)[nH]c1=O. The van der Waals surface area contributed by atoms with Crippen LogP contribution < -0.4 is 21.9 Å². The van der Waals surface area contributed by atoms with Crippen molar-refractivity contribution >= 4 is 27.4 Å². The van der Waals surface area contributed by atoms with Gasteiger partial charge in [-0.2, -0.15) is 4.31 Å². The van der Waals surface area contributed by atoms with Crippen LogP contribution in [0.2, 0.25) is 0 Å². The fraction of sp³-hybridized carbons (Fsp3) is 0.542. The molecule has 2 aromatic rings. The van der Waals surface area contributed by atoms with Crippen molar-refractivity contribution in [2.75, 3.05) is 44.0 Å². The third kappa shape index (κ3) is 6.29. The molecule has 1 aliphatic heterocycles. The number of aromatic amines is 1. The topological polar surface area (TPSA) is 157 Å². The van der Waals surface area contributed by atoms with Gasteiger partial charge in [0, 0.05) is 38.9 Å². The summed E-state index contributed by atoms with van der Waals surface area (Å²) < 4.78 is 39.7. The number of rotatable bonds is 10. The number of benzene rings is 1. The number of carbonyl (C=O) groups is 1. The van der Waals surface area contributed by atoms with Gasteiger partial charge < -0.3 is 15.2 Å². The van der Waals surface area contributed by atoms with Gasteiger partial charge >= 0.3 is 5.69 Å². The van der Waals surface area contributed by atoms with Gasteiger partial charge in [0.15, 0.2) is 5.69 Å². The first-order valence-corrected chi connectivity index (χ1v) is 13.6. The van der Waals surface area contributed by atoms with Crippen molar-refractivity contribution in [3.63, 3.8) is 0 Å². The maximum atomic E-state index is 13.5. The van der Waals surface area contributed by atoms with Gasteiger partial charge in [0.1, 0.15) is 5.82 Å². The van der Waals surface area contributed by atoms with Gasteiger partial charge in [-0.1, -0.05) is 13.3 Å². The Morgan fingerprint density at radius 2 is 1.81 bits per heavy atom. The van der Waals surface area contributed by atoms with E-state index in [4.69, 9.17) is 15.2 Å². The number of sulfonamides is 1. The van der Waals surface area contributed by atoms with E-state index in [0.29, 0.717) is 6.42 Å². The molecule has 2 unspecified atom stereocenters. The lowest BCUT2D eigenvalue weighted by atomic mass is 10.2. The zero-order valence-electron chi connectivity index (χ0n) is 21.6. The Bertz CT molecular complexity index is 1310. The summed E-state index contributed by atoms with van der Waals surface area (Å²) in [5.41, 5.74) is 4.75. The smallest absolute Gasteiger partial charge is 0.330 e. The lowest BCUT2D eigenvalue weighted by Crippen LogP contribution is -2.48. The molecule has 2 atom stereocenters. The molecule has 0 aliphatic carbocycles. The van der Waals surface area contributed by atoms with Crippen molar-refractivity contribution in [2.45, 2.75) is 57.3 Å². The summed E-state index contributed by atoms with van der Waals surface area (Å²) in [5.74, 6) is -0.714. The van der Waals surface area contributed by atoms with E-state index in [0.717, 1.165) is 11.3 Å². The molecule has 37 heavy (non-hydrogen) atoms. The number of hydrogen-bond donors (Lipinski definition) is 2. The van der Waals surface area contributed by atoms with E-state index in [1.54, 1.807) is 0 Å². The third-order valence-electron chi connectivity index (χ3n) is 6.11. The summed E-state index contributed by atoms with van der Waals surface area (Å²) in [4.78, 5) is 42.0. The Kier molecular flexibility index (Phi) is 9.29. The fourth-order valence-electron chi connectivity index (χ4n) is 4.28. The molecule has 13 heteroatoms. The number of unbranched alkanes of at least 4 members (excludes halogenated alkanes) is 1. The molecule has 0 spiro atoms. The van der Waals surface area contributed by atoms with Crippen molar-refractivity contribution < 1.29 is 22.7 Å². The number of nitrogens with one attached hydrogen (secondary N) is 1. The normalized spacial score (nSPS) is 18.6. The van der Waals surface area contributed by atoms with Crippen LogP contribution in [0.5, 0.6) is 0 Å². The largest absolute Gasteiger partial charge is 0.383 e. The third-order valence-corrected chi connectivity index (χ3v) is 7.95. The van der Waals surface area contributed by atoms with Crippen LogP contribution in [0.1, 0.15) is 44.0 Å². The lowest BCUT2D eigenvalue weighted by Gasteiger charge is -2.34. The number of nitrogens with zero attached hydrogens (tertiary/aromatic N) is 3. The number of nitrogen functional groups attached to an aromatic ring is 1. The molecule has 0 bridgehead atoms. The molecule has 1 aromatic heterocycles. The maximum Gasteiger partial charge on any atom is 0.330 e. The van der Waals surface area contributed by atoms with Crippen molar-refractivity contribution in [1.82, 2.24) is 13.9 Å². The van der Waals surface area contributed by atoms with E-state index in [1.165, 1.54) is 40.2 Å². The highest BCUT2D eigenvalue weighted by molar-refractivity contribution is 7.89. The predicted molar refractivity (Wildman–Crippen MR) is 139 cm³/mol. The summed E-state index contributed by atoms with van der Waals surface area (Å²) in [7, 11) is -2.34. The zero-order chi connectivity index (χ0) is 27.3. The average molecular weight is 538 g/mol. The number of morpholine rings is 1. The minimum absolute atomic E-state index is 0.0157. The molecule has 0 radical (unpaired) electrons. The lowest BCUT2D eigenvalue weighted by molar-refractivity contribution is -0.0440. The Balaban J connectivity index is 1.96. The number of hydrogen-bond acceptors (Lipinski definition) is 8. The van der Waals surface area contributed by atoms with Crippen LogP contribution in [0.15, 0.2) is 38.8 Å². The highest BCUT2D eigenvalue weighted by Crippen LogP contribution is 2.24. The number of aromatic nitrogens is 2. The van der Waals surface area contributed by atoms with E-state index < -0.39 is 27.2 Å². The fourth-order valence-corrected chi connectivity index (χ4v) is 5.87. The second kappa shape index (κ2) is 12.0. The minimum atomic E-state index is -3.79. The molecular weight excluding hydrogens is 502 g/mol.